The Bertz CT molecular complexity index is 245. The molecule has 1 aliphatic heterocycles. The lowest BCUT2D eigenvalue weighted by Crippen LogP contribution is -2.57. The van der Waals surface area contributed by atoms with Crippen molar-refractivity contribution in [1.82, 2.24) is 10.2 Å². The van der Waals surface area contributed by atoms with Gasteiger partial charge in [0.15, 0.2) is 0 Å². The van der Waals surface area contributed by atoms with E-state index in [0.29, 0.717) is 0 Å². The monoisotopic (exact) mass is 252 g/mol. The zero-order valence-corrected chi connectivity index (χ0v) is 12.8. The van der Waals surface area contributed by atoms with Crippen LogP contribution in [0.1, 0.15) is 53.4 Å². The third kappa shape index (κ3) is 4.24. The van der Waals surface area contributed by atoms with Gasteiger partial charge in [-0.1, -0.05) is 27.7 Å². The highest BCUT2D eigenvalue weighted by Crippen LogP contribution is 2.34. The molecule has 2 unspecified atom stereocenters. The van der Waals surface area contributed by atoms with E-state index in [-0.39, 0.29) is 0 Å². The fourth-order valence-corrected chi connectivity index (χ4v) is 3.17. The molecule has 0 radical (unpaired) electrons. The highest BCUT2D eigenvalue weighted by Gasteiger charge is 2.36. The summed E-state index contributed by atoms with van der Waals surface area (Å²) in [5.41, 5.74) is 0. The Labute approximate surface area is 114 Å². The van der Waals surface area contributed by atoms with Crippen LogP contribution in [0.3, 0.4) is 0 Å². The van der Waals surface area contributed by atoms with Gasteiger partial charge in [-0.05, 0) is 50.0 Å². The van der Waals surface area contributed by atoms with E-state index in [0.717, 1.165) is 29.8 Å². The van der Waals surface area contributed by atoms with Gasteiger partial charge in [0.05, 0.1) is 0 Å². The number of hydrogen-bond acceptors (Lipinski definition) is 2. The molecule has 2 rings (SSSR count). The molecule has 2 nitrogen and oxygen atoms in total. The number of nitrogens with zero attached hydrogens (tertiary/aromatic N) is 1. The maximum atomic E-state index is 3.81. The van der Waals surface area contributed by atoms with Crippen LogP contribution in [-0.4, -0.2) is 36.6 Å². The van der Waals surface area contributed by atoms with Crippen molar-refractivity contribution >= 4 is 0 Å². The van der Waals surface area contributed by atoms with Crippen LogP contribution in [0.2, 0.25) is 0 Å². The molecule has 1 saturated carbocycles. The summed E-state index contributed by atoms with van der Waals surface area (Å²) in [6, 6.07) is 1.57. The lowest BCUT2D eigenvalue weighted by Gasteiger charge is -2.41. The zero-order valence-electron chi connectivity index (χ0n) is 12.8. The number of piperazine rings is 1. The molecule has 2 fully saturated rings. The van der Waals surface area contributed by atoms with Gasteiger partial charge in [0.25, 0.3) is 0 Å². The van der Waals surface area contributed by atoms with E-state index in [1.165, 1.54) is 45.3 Å². The van der Waals surface area contributed by atoms with Crippen LogP contribution in [0, 0.1) is 17.8 Å². The molecule has 18 heavy (non-hydrogen) atoms. The van der Waals surface area contributed by atoms with Crippen molar-refractivity contribution in [2.75, 3.05) is 19.6 Å². The van der Waals surface area contributed by atoms with Gasteiger partial charge in [0.1, 0.15) is 0 Å². The molecule has 1 saturated heterocycles. The molecular weight excluding hydrogens is 220 g/mol. The van der Waals surface area contributed by atoms with E-state index in [9.17, 15) is 0 Å². The van der Waals surface area contributed by atoms with Crippen molar-refractivity contribution in [3.8, 4) is 0 Å². The van der Waals surface area contributed by atoms with Gasteiger partial charge in [-0.2, -0.15) is 0 Å². The van der Waals surface area contributed by atoms with Crippen LogP contribution in [0.25, 0.3) is 0 Å². The topological polar surface area (TPSA) is 15.3 Å². The summed E-state index contributed by atoms with van der Waals surface area (Å²) < 4.78 is 0. The summed E-state index contributed by atoms with van der Waals surface area (Å²) >= 11 is 0. The smallest absolute Gasteiger partial charge is 0.0224 e. The third-order valence-corrected chi connectivity index (χ3v) is 4.49. The van der Waals surface area contributed by atoms with Crippen LogP contribution < -0.4 is 5.32 Å². The second-order valence-corrected chi connectivity index (χ2v) is 7.31. The van der Waals surface area contributed by atoms with E-state index in [2.05, 4.69) is 37.9 Å². The Morgan fingerprint density at radius 2 is 1.83 bits per heavy atom. The second-order valence-electron chi connectivity index (χ2n) is 7.31. The predicted octanol–water partition coefficient (Wildman–Crippen LogP) is 3.13. The van der Waals surface area contributed by atoms with E-state index >= 15 is 0 Å². The quantitative estimate of drug-likeness (QED) is 0.781. The number of hydrogen-bond donors (Lipinski definition) is 1. The number of nitrogens with one attached hydrogen (secondary N) is 1. The largest absolute Gasteiger partial charge is 0.311 e. The molecule has 2 atom stereocenters. The Morgan fingerprint density at radius 1 is 1.11 bits per heavy atom. The summed E-state index contributed by atoms with van der Waals surface area (Å²) in [6.45, 7) is 13.2. The molecule has 1 aliphatic carbocycles. The molecule has 0 aromatic heterocycles. The van der Waals surface area contributed by atoms with Crippen LogP contribution in [-0.2, 0) is 0 Å². The van der Waals surface area contributed by atoms with Gasteiger partial charge >= 0.3 is 0 Å². The average Bonchev–Trinajstić information content (AvgIpc) is 3.10. The van der Waals surface area contributed by atoms with Gasteiger partial charge in [0, 0.05) is 25.2 Å². The summed E-state index contributed by atoms with van der Waals surface area (Å²) in [6.07, 6.45) is 5.63. The molecule has 0 aromatic carbocycles. The molecule has 1 heterocycles. The van der Waals surface area contributed by atoms with Crippen molar-refractivity contribution in [1.29, 1.82) is 0 Å². The first kappa shape index (κ1) is 14.3. The standard InChI is InChI=1S/C16H32N2/c1-12(2)7-8-18-11-16(14-5-6-14)17-10-15(18)9-13(3)4/h12-17H,5-11H2,1-4H3. The highest BCUT2D eigenvalue weighted by molar-refractivity contribution is 4.94. The van der Waals surface area contributed by atoms with Gasteiger partial charge < -0.3 is 5.32 Å². The molecule has 0 bridgehead atoms. The molecule has 106 valence electrons. The van der Waals surface area contributed by atoms with Gasteiger partial charge in [0.2, 0.25) is 0 Å². The van der Waals surface area contributed by atoms with E-state index < -0.39 is 0 Å². The van der Waals surface area contributed by atoms with E-state index in [1.54, 1.807) is 0 Å². The first-order valence-corrected chi connectivity index (χ1v) is 8.03. The summed E-state index contributed by atoms with van der Waals surface area (Å²) in [7, 11) is 0. The summed E-state index contributed by atoms with van der Waals surface area (Å²) in [5.74, 6) is 2.64. The molecule has 0 aromatic rings. The average molecular weight is 252 g/mol. The predicted molar refractivity (Wildman–Crippen MR) is 78.8 cm³/mol. The van der Waals surface area contributed by atoms with Crippen LogP contribution in [0.4, 0.5) is 0 Å². The van der Waals surface area contributed by atoms with Crippen molar-refractivity contribution in [2.45, 2.75) is 65.5 Å². The fourth-order valence-electron chi connectivity index (χ4n) is 3.17. The SMILES string of the molecule is CC(C)CCN1CC(C2CC2)NCC1CC(C)C. The van der Waals surface area contributed by atoms with Gasteiger partial charge in [-0.15, -0.1) is 0 Å². The van der Waals surface area contributed by atoms with Crippen molar-refractivity contribution in [3.05, 3.63) is 0 Å². The highest BCUT2D eigenvalue weighted by atomic mass is 15.2. The Morgan fingerprint density at radius 3 is 2.39 bits per heavy atom. The summed E-state index contributed by atoms with van der Waals surface area (Å²) in [5, 5.41) is 3.81. The molecule has 1 N–H and O–H groups in total. The molecule has 0 amide bonds. The molecular formula is C16H32N2. The first-order valence-electron chi connectivity index (χ1n) is 8.03. The Balaban J connectivity index is 1.87. The third-order valence-electron chi connectivity index (χ3n) is 4.49. The van der Waals surface area contributed by atoms with Crippen molar-refractivity contribution in [3.63, 3.8) is 0 Å². The summed E-state index contributed by atoms with van der Waals surface area (Å²) in [4.78, 5) is 2.79. The Hall–Kier alpha value is -0.0800. The van der Waals surface area contributed by atoms with Crippen molar-refractivity contribution in [2.24, 2.45) is 17.8 Å². The van der Waals surface area contributed by atoms with Crippen LogP contribution >= 0.6 is 0 Å². The minimum absolute atomic E-state index is 0.777. The minimum Gasteiger partial charge on any atom is -0.311 e. The molecule has 2 aliphatic rings. The maximum absolute atomic E-state index is 3.81. The molecule has 2 heteroatoms. The zero-order chi connectivity index (χ0) is 13.1. The minimum atomic E-state index is 0.777. The van der Waals surface area contributed by atoms with Crippen molar-refractivity contribution < 1.29 is 0 Å². The first-order chi connectivity index (χ1) is 8.56. The Kier molecular flexibility index (Phi) is 5.08. The normalized spacial score (nSPS) is 30.3. The molecule has 0 spiro atoms. The lowest BCUT2D eigenvalue weighted by molar-refractivity contribution is 0.102. The van der Waals surface area contributed by atoms with Crippen LogP contribution in [0.5, 0.6) is 0 Å². The van der Waals surface area contributed by atoms with E-state index in [4.69, 9.17) is 0 Å². The van der Waals surface area contributed by atoms with E-state index in [1.807, 2.05) is 0 Å². The number of rotatable bonds is 6. The maximum Gasteiger partial charge on any atom is 0.0224 e. The fraction of sp³-hybridized carbons (Fsp3) is 1.00. The van der Waals surface area contributed by atoms with Gasteiger partial charge in [-0.3, -0.25) is 4.90 Å². The lowest BCUT2D eigenvalue weighted by atomic mass is 9.97. The van der Waals surface area contributed by atoms with Crippen LogP contribution in [0.15, 0.2) is 0 Å². The second kappa shape index (κ2) is 6.38. The van der Waals surface area contributed by atoms with Gasteiger partial charge in [-0.25, -0.2) is 0 Å².